The molecule has 0 aliphatic carbocycles. The van der Waals surface area contributed by atoms with E-state index in [1.807, 2.05) is 13.8 Å². The van der Waals surface area contributed by atoms with Gasteiger partial charge in [-0.1, -0.05) is 23.4 Å². The van der Waals surface area contributed by atoms with Gasteiger partial charge in [-0.05, 0) is 26.0 Å². The maximum Gasteiger partial charge on any atom is 0.276 e. The van der Waals surface area contributed by atoms with Crippen LogP contribution in [-0.2, 0) is 10.0 Å². The Labute approximate surface area is 140 Å². The van der Waals surface area contributed by atoms with Crippen LogP contribution in [0, 0.1) is 0 Å². The van der Waals surface area contributed by atoms with E-state index in [0.717, 1.165) is 0 Å². The Morgan fingerprint density at radius 2 is 1.92 bits per heavy atom. The largest absolute Gasteiger partial charge is 0.334 e. The molecule has 0 atom stereocenters. The van der Waals surface area contributed by atoms with Crippen LogP contribution >= 0.6 is 0 Å². The number of carbonyl (C=O) groups excluding carboxylic acids is 1. The number of H-pyrrole nitrogens is 1. The quantitative estimate of drug-likeness (QED) is 0.881. The summed E-state index contributed by atoms with van der Waals surface area (Å²) in [6, 6.07) is 8.34. The van der Waals surface area contributed by atoms with Crippen molar-refractivity contribution in [3.63, 3.8) is 0 Å². The zero-order valence-corrected chi connectivity index (χ0v) is 14.3. The van der Waals surface area contributed by atoms with Crippen molar-refractivity contribution in [2.45, 2.75) is 24.3 Å². The van der Waals surface area contributed by atoms with E-state index in [1.165, 1.54) is 10.5 Å². The Morgan fingerprint density at radius 1 is 1.21 bits per heavy atom. The van der Waals surface area contributed by atoms with Crippen LogP contribution in [0.4, 0.5) is 0 Å². The highest BCUT2D eigenvalue weighted by molar-refractivity contribution is 7.89. The maximum absolute atomic E-state index is 12.9. The Kier molecular flexibility index (Phi) is 4.14. The number of piperazine rings is 1. The standard InChI is InChI=1S/C15H19N5O3S/c1-15(2)11-19(14(21)13-10-16-18-17-13)8-9-20(15)24(22,23)12-6-4-3-5-7-12/h3-7,10H,8-9,11H2,1-2H3,(H,16,17,18). The zero-order chi connectivity index (χ0) is 17.4. The van der Waals surface area contributed by atoms with E-state index in [9.17, 15) is 13.2 Å². The van der Waals surface area contributed by atoms with E-state index >= 15 is 0 Å². The summed E-state index contributed by atoms with van der Waals surface area (Å²) >= 11 is 0. The molecule has 2 aromatic rings. The summed E-state index contributed by atoms with van der Waals surface area (Å²) < 4.78 is 27.3. The fourth-order valence-corrected chi connectivity index (χ4v) is 4.73. The predicted octanol–water partition coefficient (Wildman–Crippen LogP) is 0.730. The summed E-state index contributed by atoms with van der Waals surface area (Å²) in [5.41, 5.74) is -0.503. The van der Waals surface area contributed by atoms with Crippen molar-refractivity contribution in [3.05, 3.63) is 42.2 Å². The summed E-state index contributed by atoms with van der Waals surface area (Å²) in [6.07, 6.45) is 1.43. The molecule has 0 unspecified atom stereocenters. The SMILES string of the molecule is CC1(C)CN(C(=O)c2c[nH]nn2)CCN1S(=O)(=O)c1ccccc1. The minimum absolute atomic E-state index is 0.227. The molecule has 24 heavy (non-hydrogen) atoms. The van der Waals surface area contributed by atoms with E-state index in [-0.39, 0.29) is 29.6 Å². The number of aromatic amines is 1. The molecule has 0 saturated carbocycles. The van der Waals surface area contributed by atoms with Crippen molar-refractivity contribution in [2.24, 2.45) is 0 Å². The fourth-order valence-electron chi connectivity index (χ4n) is 2.95. The Bertz CT molecular complexity index is 818. The van der Waals surface area contributed by atoms with Gasteiger partial charge in [-0.25, -0.2) is 8.42 Å². The first-order valence-electron chi connectivity index (χ1n) is 7.56. The number of carbonyl (C=O) groups is 1. The number of nitrogens with zero attached hydrogens (tertiary/aromatic N) is 4. The first-order valence-corrected chi connectivity index (χ1v) is 9.00. The molecule has 1 N–H and O–H groups in total. The molecule has 8 nitrogen and oxygen atoms in total. The second-order valence-corrected chi connectivity index (χ2v) is 8.15. The van der Waals surface area contributed by atoms with Crippen LogP contribution in [0.5, 0.6) is 0 Å². The van der Waals surface area contributed by atoms with Crippen molar-refractivity contribution < 1.29 is 13.2 Å². The molecular weight excluding hydrogens is 330 g/mol. The Balaban J connectivity index is 1.83. The third-order valence-electron chi connectivity index (χ3n) is 4.08. The van der Waals surface area contributed by atoms with Crippen molar-refractivity contribution >= 4 is 15.9 Å². The van der Waals surface area contributed by atoms with Gasteiger partial charge in [-0.2, -0.15) is 4.31 Å². The van der Waals surface area contributed by atoms with Crippen LogP contribution < -0.4 is 0 Å². The third-order valence-corrected chi connectivity index (χ3v) is 6.21. The number of hydrogen-bond acceptors (Lipinski definition) is 5. The second kappa shape index (κ2) is 5.99. The van der Waals surface area contributed by atoms with Crippen molar-refractivity contribution in [1.82, 2.24) is 24.6 Å². The second-order valence-electron chi connectivity index (χ2n) is 6.29. The molecule has 0 spiro atoms. The van der Waals surface area contributed by atoms with Gasteiger partial charge < -0.3 is 4.90 Å². The Hall–Kier alpha value is -2.26. The van der Waals surface area contributed by atoms with E-state index in [2.05, 4.69) is 15.4 Å². The summed E-state index contributed by atoms with van der Waals surface area (Å²) in [4.78, 5) is 14.3. The van der Waals surface area contributed by atoms with Crippen molar-refractivity contribution in [1.29, 1.82) is 0 Å². The highest BCUT2D eigenvalue weighted by Gasteiger charge is 2.43. The summed E-state index contributed by atoms with van der Waals surface area (Å²) in [6.45, 7) is 4.45. The molecule has 9 heteroatoms. The van der Waals surface area contributed by atoms with Gasteiger partial charge in [-0.15, -0.1) is 5.10 Å². The highest BCUT2D eigenvalue weighted by Crippen LogP contribution is 2.28. The van der Waals surface area contributed by atoms with E-state index in [0.29, 0.717) is 6.54 Å². The van der Waals surface area contributed by atoms with Gasteiger partial charge in [0.05, 0.1) is 11.1 Å². The third kappa shape index (κ3) is 2.92. The summed E-state index contributed by atoms with van der Waals surface area (Å²) in [5, 5.41) is 9.78. The molecule has 128 valence electrons. The minimum Gasteiger partial charge on any atom is -0.334 e. The molecule has 0 radical (unpaired) electrons. The van der Waals surface area contributed by atoms with E-state index in [1.54, 1.807) is 35.2 Å². The lowest BCUT2D eigenvalue weighted by Crippen LogP contribution is -2.61. The highest BCUT2D eigenvalue weighted by atomic mass is 32.2. The number of hydrogen-bond donors (Lipinski definition) is 1. The van der Waals surface area contributed by atoms with Crippen LogP contribution in [0.1, 0.15) is 24.3 Å². The number of amides is 1. The average Bonchev–Trinajstić information content (AvgIpc) is 3.08. The number of aromatic nitrogens is 3. The zero-order valence-electron chi connectivity index (χ0n) is 13.5. The predicted molar refractivity (Wildman–Crippen MR) is 86.7 cm³/mol. The van der Waals surface area contributed by atoms with Gasteiger partial charge in [0, 0.05) is 25.2 Å². The normalized spacial score (nSPS) is 18.5. The molecule has 1 fully saturated rings. The van der Waals surface area contributed by atoms with Gasteiger partial charge >= 0.3 is 0 Å². The lowest BCUT2D eigenvalue weighted by atomic mass is 10.0. The number of benzene rings is 1. The van der Waals surface area contributed by atoms with E-state index < -0.39 is 15.6 Å². The van der Waals surface area contributed by atoms with Gasteiger partial charge in [0.15, 0.2) is 5.69 Å². The fraction of sp³-hybridized carbons (Fsp3) is 0.400. The molecule has 1 saturated heterocycles. The number of rotatable bonds is 3. The first kappa shape index (κ1) is 16.6. The molecule has 2 heterocycles. The molecule has 1 aromatic heterocycles. The number of nitrogens with one attached hydrogen (secondary N) is 1. The van der Waals surface area contributed by atoms with Gasteiger partial charge in [0.1, 0.15) is 0 Å². The molecule has 1 aliphatic heterocycles. The van der Waals surface area contributed by atoms with Gasteiger partial charge in [0.2, 0.25) is 10.0 Å². The average molecular weight is 349 g/mol. The van der Waals surface area contributed by atoms with Crippen LogP contribution in [0.25, 0.3) is 0 Å². The molecular formula is C15H19N5O3S. The van der Waals surface area contributed by atoms with Crippen LogP contribution in [0.2, 0.25) is 0 Å². The molecule has 1 amide bonds. The molecule has 1 aromatic carbocycles. The lowest BCUT2D eigenvalue weighted by molar-refractivity contribution is 0.0489. The smallest absolute Gasteiger partial charge is 0.276 e. The van der Waals surface area contributed by atoms with Crippen molar-refractivity contribution in [3.8, 4) is 0 Å². The topological polar surface area (TPSA) is 99.3 Å². The van der Waals surface area contributed by atoms with E-state index in [4.69, 9.17) is 0 Å². The maximum atomic E-state index is 12.9. The summed E-state index contributed by atoms with van der Waals surface area (Å²) in [5.74, 6) is -0.256. The summed E-state index contributed by atoms with van der Waals surface area (Å²) in [7, 11) is -3.61. The van der Waals surface area contributed by atoms with Crippen LogP contribution in [0.3, 0.4) is 0 Å². The monoisotopic (exact) mass is 349 g/mol. The van der Waals surface area contributed by atoms with Crippen LogP contribution in [0.15, 0.2) is 41.4 Å². The van der Waals surface area contributed by atoms with Crippen LogP contribution in [-0.4, -0.2) is 64.1 Å². The molecule has 0 bridgehead atoms. The van der Waals surface area contributed by atoms with Gasteiger partial charge in [-0.3, -0.25) is 9.89 Å². The molecule has 1 aliphatic rings. The van der Waals surface area contributed by atoms with Gasteiger partial charge in [0.25, 0.3) is 5.91 Å². The number of sulfonamides is 1. The first-order chi connectivity index (χ1) is 11.3. The Morgan fingerprint density at radius 3 is 2.50 bits per heavy atom. The minimum atomic E-state index is -3.61. The van der Waals surface area contributed by atoms with Crippen molar-refractivity contribution in [2.75, 3.05) is 19.6 Å². The molecule has 3 rings (SSSR count). The lowest BCUT2D eigenvalue weighted by Gasteiger charge is -2.45.